The van der Waals surface area contributed by atoms with Crippen LogP contribution in [0, 0.1) is 0 Å². The van der Waals surface area contributed by atoms with Crippen molar-refractivity contribution in [1.29, 1.82) is 0 Å². The summed E-state index contributed by atoms with van der Waals surface area (Å²) in [4.78, 5) is 23.0. The van der Waals surface area contributed by atoms with E-state index in [0.29, 0.717) is 6.54 Å². The number of carbonyl (C=O) groups excluding carboxylic acids is 2. The first-order valence-corrected chi connectivity index (χ1v) is 7.86. The van der Waals surface area contributed by atoms with E-state index in [0.717, 1.165) is 6.42 Å². The fourth-order valence-electron chi connectivity index (χ4n) is 1.44. The summed E-state index contributed by atoms with van der Waals surface area (Å²) in [6, 6.07) is 5.40. The first kappa shape index (κ1) is 17.1. The number of rotatable bonds is 7. The molecule has 116 valence electrons. The van der Waals surface area contributed by atoms with Crippen LogP contribution in [0.25, 0.3) is 0 Å². The zero-order chi connectivity index (χ0) is 15.9. The maximum absolute atomic E-state index is 11.8. The Balaban J connectivity index is 2.71. The molecule has 0 bridgehead atoms. The maximum Gasteiger partial charge on any atom is 0.338 e. The number of amides is 1. The van der Waals surface area contributed by atoms with Crippen LogP contribution in [0.5, 0.6) is 0 Å². The molecule has 1 aromatic rings. The van der Waals surface area contributed by atoms with Crippen LogP contribution in [0.4, 0.5) is 0 Å². The smallest absolute Gasteiger partial charge is 0.338 e. The molecule has 8 heteroatoms. The van der Waals surface area contributed by atoms with Gasteiger partial charge in [-0.25, -0.2) is 17.9 Å². The number of nitrogens with one attached hydrogen (secondary N) is 2. The lowest BCUT2D eigenvalue weighted by Gasteiger charge is -2.07. The standard InChI is InChI=1S/C13H18N2O5S/c1-3-7-15-12(16)9-20-13(17)10-5-4-6-11(8-10)21(18,19)14-2/h4-6,8,14H,3,7,9H2,1-2H3,(H,15,16). The third kappa shape index (κ3) is 5.16. The fourth-order valence-corrected chi connectivity index (χ4v) is 2.21. The lowest BCUT2D eigenvalue weighted by molar-refractivity contribution is -0.124. The fraction of sp³-hybridized carbons (Fsp3) is 0.385. The minimum atomic E-state index is -3.63. The average Bonchev–Trinajstić information content (AvgIpc) is 2.50. The van der Waals surface area contributed by atoms with Crippen LogP contribution < -0.4 is 10.0 Å². The normalized spacial score (nSPS) is 11.0. The molecule has 0 aliphatic carbocycles. The van der Waals surface area contributed by atoms with Crippen LogP contribution in [0.1, 0.15) is 23.7 Å². The predicted octanol–water partition coefficient (Wildman–Crippen LogP) is 0.278. The molecule has 7 nitrogen and oxygen atoms in total. The van der Waals surface area contributed by atoms with E-state index in [2.05, 4.69) is 10.0 Å². The topological polar surface area (TPSA) is 102 Å². The van der Waals surface area contributed by atoms with Gasteiger partial charge in [-0.2, -0.15) is 0 Å². The van der Waals surface area contributed by atoms with E-state index in [1.165, 1.54) is 31.3 Å². The number of benzene rings is 1. The number of sulfonamides is 1. The Morgan fingerprint density at radius 1 is 1.29 bits per heavy atom. The predicted molar refractivity (Wildman–Crippen MR) is 76.3 cm³/mol. The van der Waals surface area contributed by atoms with Crippen molar-refractivity contribution in [3.63, 3.8) is 0 Å². The Labute approximate surface area is 123 Å². The van der Waals surface area contributed by atoms with Gasteiger partial charge in [-0.1, -0.05) is 13.0 Å². The van der Waals surface area contributed by atoms with Gasteiger partial charge in [0.05, 0.1) is 10.5 Å². The van der Waals surface area contributed by atoms with Crippen molar-refractivity contribution in [2.24, 2.45) is 0 Å². The highest BCUT2D eigenvalue weighted by Gasteiger charge is 2.15. The van der Waals surface area contributed by atoms with E-state index in [1.807, 2.05) is 6.92 Å². The number of hydrogen-bond acceptors (Lipinski definition) is 5. The molecule has 1 aromatic carbocycles. The monoisotopic (exact) mass is 314 g/mol. The number of esters is 1. The van der Waals surface area contributed by atoms with Gasteiger partial charge in [0.25, 0.3) is 5.91 Å². The van der Waals surface area contributed by atoms with Crippen molar-refractivity contribution in [2.45, 2.75) is 18.2 Å². The summed E-state index contributed by atoms with van der Waals surface area (Å²) in [5.41, 5.74) is 0.0645. The van der Waals surface area contributed by atoms with Gasteiger partial charge in [-0.15, -0.1) is 0 Å². The first-order chi connectivity index (χ1) is 9.90. The van der Waals surface area contributed by atoms with Gasteiger partial charge in [0.1, 0.15) is 0 Å². The van der Waals surface area contributed by atoms with Crippen LogP contribution in [0.2, 0.25) is 0 Å². The molecule has 1 amide bonds. The molecule has 2 N–H and O–H groups in total. The largest absolute Gasteiger partial charge is 0.452 e. The highest BCUT2D eigenvalue weighted by atomic mass is 32.2. The number of carbonyl (C=O) groups is 2. The quantitative estimate of drug-likeness (QED) is 0.704. The lowest BCUT2D eigenvalue weighted by Crippen LogP contribution is -2.29. The van der Waals surface area contributed by atoms with Crippen LogP contribution in [0.3, 0.4) is 0 Å². The van der Waals surface area contributed by atoms with E-state index >= 15 is 0 Å². The summed E-state index contributed by atoms with van der Waals surface area (Å²) < 4.78 is 30.2. The minimum Gasteiger partial charge on any atom is -0.452 e. The summed E-state index contributed by atoms with van der Waals surface area (Å²) in [6.07, 6.45) is 0.781. The molecule has 0 aromatic heterocycles. The molecular weight excluding hydrogens is 296 g/mol. The van der Waals surface area contributed by atoms with Crippen molar-refractivity contribution >= 4 is 21.9 Å². The first-order valence-electron chi connectivity index (χ1n) is 6.38. The molecule has 0 fully saturated rings. The molecule has 0 spiro atoms. The van der Waals surface area contributed by atoms with Gasteiger partial charge in [0, 0.05) is 6.54 Å². The van der Waals surface area contributed by atoms with E-state index in [9.17, 15) is 18.0 Å². The summed E-state index contributed by atoms with van der Waals surface area (Å²) in [5, 5.41) is 2.56. The van der Waals surface area contributed by atoms with Gasteiger partial charge in [0.2, 0.25) is 10.0 Å². The molecule has 1 rings (SSSR count). The molecule has 0 atom stereocenters. The SMILES string of the molecule is CCCNC(=O)COC(=O)c1cccc(S(=O)(=O)NC)c1. The highest BCUT2D eigenvalue weighted by molar-refractivity contribution is 7.89. The molecule has 0 unspecified atom stereocenters. The van der Waals surface area contributed by atoms with Gasteiger partial charge in [-0.3, -0.25) is 4.79 Å². The Kier molecular flexibility index (Phi) is 6.32. The highest BCUT2D eigenvalue weighted by Crippen LogP contribution is 2.12. The third-order valence-corrected chi connectivity index (χ3v) is 3.97. The van der Waals surface area contributed by atoms with Crippen LogP contribution >= 0.6 is 0 Å². The maximum atomic E-state index is 11.8. The third-order valence-electron chi connectivity index (χ3n) is 2.56. The van der Waals surface area contributed by atoms with E-state index in [1.54, 1.807) is 0 Å². The molecule has 0 radical (unpaired) electrons. The Morgan fingerprint density at radius 2 is 2.00 bits per heavy atom. The van der Waals surface area contributed by atoms with Gasteiger partial charge in [0.15, 0.2) is 6.61 Å². The van der Waals surface area contributed by atoms with Crippen molar-refractivity contribution in [2.75, 3.05) is 20.2 Å². The Bertz CT molecular complexity index is 613. The van der Waals surface area contributed by atoms with Crippen LogP contribution in [0.15, 0.2) is 29.2 Å². The van der Waals surface area contributed by atoms with E-state index < -0.39 is 28.5 Å². The lowest BCUT2D eigenvalue weighted by atomic mass is 10.2. The summed E-state index contributed by atoms with van der Waals surface area (Å²) >= 11 is 0. The van der Waals surface area contributed by atoms with Crippen LogP contribution in [-0.2, 0) is 19.6 Å². The molecule has 0 saturated heterocycles. The molecule has 0 heterocycles. The van der Waals surface area contributed by atoms with Crippen molar-refractivity contribution in [1.82, 2.24) is 10.0 Å². The van der Waals surface area contributed by atoms with Crippen molar-refractivity contribution in [3.8, 4) is 0 Å². The summed E-state index contributed by atoms with van der Waals surface area (Å²) in [7, 11) is -2.36. The minimum absolute atomic E-state index is 0.0464. The van der Waals surface area contributed by atoms with Gasteiger partial charge >= 0.3 is 5.97 Å². The second kappa shape index (κ2) is 7.75. The van der Waals surface area contributed by atoms with Gasteiger partial charge < -0.3 is 10.1 Å². The zero-order valence-corrected chi connectivity index (χ0v) is 12.7. The summed E-state index contributed by atoms with van der Waals surface area (Å²) in [6.45, 7) is 2.01. The van der Waals surface area contributed by atoms with E-state index in [-0.39, 0.29) is 10.5 Å². The zero-order valence-electron chi connectivity index (χ0n) is 11.9. The number of ether oxygens (including phenoxy) is 1. The molecule has 0 aliphatic rings. The second-order valence-corrected chi connectivity index (χ2v) is 6.05. The number of hydrogen-bond donors (Lipinski definition) is 2. The Hall–Kier alpha value is -1.93. The molecule has 21 heavy (non-hydrogen) atoms. The van der Waals surface area contributed by atoms with Crippen molar-refractivity contribution < 1.29 is 22.7 Å². The molecule has 0 saturated carbocycles. The van der Waals surface area contributed by atoms with E-state index in [4.69, 9.17) is 4.74 Å². The molecule has 0 aliphatic heterocycles. The molecular formula is C13H18N2O5S. The summed E-state index contributed by atoms with van der Waals surface area (Å²) in [5.74, 6) is -1.15. The van der Waals surface area contributed by atoms with Crippen molar-refractivity contribution in [3.05, 3.63) is 29.8 Å². The van der Waals surface area contributed by atoms with Gasteiger partial charge in [-0.05, 0) is 31.7 Å². The average molecular weight is 314 g/mol. The second-order valence-electron chi connectivity index (χ2n) is 4.16. The Morgan fingerprint density at radius 3 is 2.62 bits per heavy atom. The van der Waals surface area contributed by atoms with Crippen LogP contribution in [-0.4, -0.2) is 40.5 Å².